The Balaban J connectivity index is 3.33. The van der Waals surface area contributed by atoms with Crippen LogP contribution in [0, 0.1) is 0 Å². The van der Waals surface area contributed by atoms with Gasteiger partial charge in [-0.25, -0.2) is 4.79 Å². The van der Waals surface area contributed by atoms with E-state index in [4.69, 9.17) is 4.74 Å². The molecule has 0 fully saturated rings. The number of benzene rings is 1. The second kappa shape index (κ2) is 5.09. The van der Waals surface area contributed by atoms with E-state index in [-0.39, 0.29) is 5.75 Å². The van der Waals surface area contributed by atoms with Crippen LogP contribution in [-0.2, 0) is 10.8 Å². The third-order valence-corrected chi connectivity index (χ3v) is 2.64. The van der Waals surface area contributed by atoms with Gasteiger partial charge in [-0.05, 0) is 24.5 Å². The molecule has 0 N–H and O–H groups in total. The maximum Gasteiger partial charge on any atom is 0.382 e. The van der Waals surface area contributed by atoms with Crippen molar-refractivity contribution in [1.29, 1.82) is 0 Å². The van der Waals surface area contributed by atoms with Crippen LogP contribution in [0.15, 0.2) is 28.1 Å². The van der Waals surface area contributed by atoms with Crippen molar-refractivity contribution in [3.8, 4) is 5.75 Å². The van der Waals surface area contributed by atoms with Crippen LogP contribution in [-0.4, -0.2) is 19.4 Å². The highest BCUT2D eigenvalue weighted by Gasteiger charge is 2.34. The van der Waals surface area contributed by atoms with Gasteiger partial charge in [0, 0.05) is 4.90 Å². The maximum absolute atomic E-state index is 13.4. The molecular formula is C10H9F2NO2S. The summed E-state index contributed by atoms with van der Waals surface area (Å²) in [6, 6.07) is 0.687. The molecular weight excluding hydrogens is 236 g/mol. The lowest BCUT2D eigenvalue weighted by Gasteiger charge is -2.14. The van der Waals surface area contributed by atoms with Crippen molar-refractivity contribution in [2.75, 3.05) is 13.4 Å². The predicted molar refractivity (Wildman–Crippen MR) is 56.8 cm³/mol. The molecule has 0 aliphatic rings. The lowest BCUT2D eigenvalue weighted by atomic mass is 10.1. The van der Waals surface area contributed by atoms with Crippen LogP contribution < -0.4 is 4.74 Å². The van der Waals surface area contributed by atoms with Crippen LogP contribution in [0.5, 0.6) is 5.75 Å². The van der Waals surface area contributed by atoms with Crippen molar-refractivity contribution in [3.63, 3.8) is 0 Å². The Morgan fingerprint density at radius 1 is 1.50 bits per heavy atom. The number of rotatable bonds is 4. The lowest BCUT2D eigenvalue weighted by Crippen LogP contribution is -2.11. The molecule has 0 aromatic heterocycles. The molecule has 0 spiro atoms. The molecule has 0 unspecified atom stereocenters. The van der Waals surface area contributed by atoms with Crippen molar-refractivity contribution in [1.82, 2.24) is 0 Å². The van der Waals surface area contributed by atoms with Gasteiger partial charge in [0.2, 0.25) is 6.08 Å². The smallest absolute Gasteiger partial charge is 0.382 e. The summed E-state index contributed by atoms with van der Waals surface area (Å²) < 4.78 is 31.6. The van der Waals surface area contributed by atoms with Gasteiger partial charge in [-0.15, -0.1) is 16.8 Å². The SMILES string of the molecule is COc1ccc(SC)cc1C(F)(F)N=C=O. The predicted octanol–water partition coefficient (Wildman–Crippen LogP) is 2.80. The Morgan fingerprint density at radius 2 is 2.19 bits per heavy atom. The number of methoxy groups -OCH3 is 1. The van der Waals surface area contributed by atoms with Crippen molar-refractivity contribution in [3.05, 3.63) is 23.8 Å². The summed E-state index contributed by atoms with van der Waals surface area (Å²) in [4.78, 5) is 13.0. The van der Waals surface area contributed by atoms with Crippen molar-refractivity contribution < 1.29 is 18.3 Å². The van der Waals surface area contributed by atoms with Crippen LogP contribution in [0.1, 0.15) is 5.56 Å². The fourth-order valence-corrected chi connectivity index (χ4v) is 1.61. The number of thioether (sulfide) groups is 1. The molecule has 1 aromatic carbocycles. The molecule has 1 aromatic rings. The average molecular weight is 245 g/mol. The number of halogens is 2. The molecule has 16 heavy (non-hydrogen) atoms. The van der Waals surface area contributed by atoms with E-state index in [1.165, 1.54) is 31.0 Å². The first-order valence-corrected chi connectivity index (χ1v) is 5.47. The first-order valence-electron chi connectivity index (χ1n) is 4.24. The maximum atomic E-state index is 13.4. The Labute approximate surface area is 95.5 Å². The standard InChI is InChI=1S/C10H9F2NO2S/c1-15-9-4-3-7(16-2)5-8(9)10(11,12)13-6-14/h3-5H,1-2H3. The molecule has 0 atom stereocenters. The van der Waals surface area contributed by atoms with Gasteiger partial charge in [0.15, 0.2) is 0 Å². The molecule has 0 saturated heterocycles. The van der Waals surface area contributed by atoms with Gasteiger partial charge >= 0.3 is 6.05 Å². The van der Waals surface area contributed by atoms with E-state index in [9.17, 15) is 13.6 Å². The highest BCUT2D eigenvalue weighted by molar-refractivity contribution is 7.98. The highest BCUT2D eigenvalue weighted by atomic mass is 32.2. The van der Waals surface area contributed by atoms with Gasteiger partial charge in [0.25, 0.3) is 0 Å². The summed E-state index contributed by atoms with van der Waals surface area (Å²) in [6.45, 7) is 0. The average Bonchev–Trinajstić information content (AvgIpc) is 2.28. The number of nitrogens with zero attached hydrogens (tertiary/aromatic N) is 1. The van der Waals surface area contributed by atoms with E-state index in [0.717, 1.165) is 6.08 Å². The molecule has 86 valence electrons. The molecule has 6 heteroatoms. The second-order valence-electron chi connectivity index (χ2n) is 2.81. The molecule has 0 heterocycles. The highest BCUT2D eigenvalue weighted by Crippen LogP contribution is 2.37. The van der Waals surface area contributed by atoms with Gasteiger partial charge in [-0.1, -0.05) is 0 Å². The number of ether oxygens (including phenoxy) is 1. The van der Waals surface area contributed by atoms with E-state index in [1.54, 1.807) is 12.3 Å². The Morgan fingerprint density at radius 3 is 2.69 bits per heavy atom. The molecule has 3 nitrogen and oxygen atoms in total. The van der Waals surface area contributed by atoms with Crippen molar-refractivity contribution >= 4 is 17.8 Å². The molecule has 0 bridgehead atoms. The molecule has 0 amide bonds. The third-order valence-electron chi connectivity index (χ3n) is 1.92. The van der Waals surface area contributed by atoms with Crippen molar-refractivity contribution in [2.45, 2.75) is 10.9 Å². The van der Waals surface area contributed by atoms with E-state index < -0.39 is 11.6 Å². The lowest BCUT2D eigenvalue weighted by molar-refractivity contribution is 0.00368. The monoisotopic (exact) mass is 245 g/mol. The molecule has 0 aliphatic carbocycles. The molecule has 0 aliphatic heterocycles. The number of hydrogen-bond acceptors (Lipinski definition) is 4. The molecule has 0 radical (unpaired) electrons. The van der Waals surface area contributed by atoms with Gasteiger partial charge in [-0.2, -0.15) is 8.78 Å². The number of hydrogen-bond donors (Lipinski definition) is 0. The van der Waals surface area contributed by atoms with Crippen LogP contribution in [0.25, 0.3) is 0 Å². The van der Waals surface area contributed by atoms with E-state index in [0.29, 0.717) is 4.90 Å². The van der Waals surface area contributed by atoms with Crippen LogP contribution >= 0.6 is 11.8 Å². The van der Waals surface area contributed by atoms with Crippen LogP contribution in [0.3, 0.4) is 0 Å². The normalized spacial score (nSPS) is 10.8. The fourth-order valence-electron chi connectivity index (χ4n) is 1.17. The number of aliphatic imine (C=N–C) groups is 1. The quantitative estimate of drug-likeness (QED) is 0.354. The first-order chi connectivity index (χ1) is 7.55. The number of isocyanates is 1. The summed E-state index contributed by atoms with van der Waals surface area (Å²) >= 11 is 1.31. The van der Waals surface area contributed by atoms with Crippen molar-refractivity contribution in [2.24, 2.45) is 4.99 Å². The summed E-state index contributed by atoms with van der Waals surface area (Å²) in [6.07, 6.45) is 2.61. The topological polar surface area (TPSA) is 38.7 Å². The van der Waals surface area contributed by atoms with Gasteiger partial charge < -0.3 is 4.74 Å². The Bertz CT molecular complexity index is 431. The fraction of sp³-hybridized carbons (Fsp3) is 0.300. The summed E-state index contributed by atoms with van der Waals surface area (Å²) in [5.74, 6) is -0.0122. The summed E-state index contributed by atoms with van der Waals surface area (Å²) in [5.41, 5.74) is -0.440. The largest absolute Gasteiger partial charge is 0.496 e. The minimum atomic E-state index is -3.61. The van der Waals surface area contributed by atoms with Crippen LogP contribution in [0.2, 0.25) is 0 Å². The molecule has 1 rings (SSSR count). The summed E-state index contributed by atoms with van der Waals surface area (Å²) in [5, 5.41) is 0. The number of carbonyl (C=O) groups excluding carboxylic acids is 1. The van der Waals surface area contributed by atoms with E-state index in [1.807, 2.05) is 0 Å². The Hall–Kier alpha value is -1.39. The van der Waals surface area contributed by atoms with Crippen LogP contribution in [0.4, 0.5) is 8.78 Å². The van der Waals surface area contributed by atoms with Gasteiger partial charge in [0.05, 0.1) is 12.7 Å². The van der Waals surface area contributed by atoms with Gasteiger partial charge in [0.1, 0.15) is 5.75 Å². The first kappa shape index (κ1) is 12.7. The minimum Gasteiger partial charge on any atom is -0.496 e. The molecule has 0 saturated carbocycles. The minimum absolute atomic E-state index is 0.0122. The van der Waals surface area contributed by atoms with E-state index in [2.05, 4.69) is 4.99 Å². The zero-order valence-electron chi connectivity index (χ0n) is 8.66. The van der Waals surface area contributed by atoms with E-state index >= 15 is 0 Å². The summed E-state index contributed by atoms with van der Waals surface area (Å²) in [7, 11) is 1.28. The number of alkyl halides is 2. The second-order valence-corrected chi connectivity index (χ2v) is 3.69. The third kappa shape index (κ3) is 2.59. The zero-order valence-corrected chi connectivity index (χ0v) is 9.48. The Kier molecular flexibility index (Phi) is 4.04. The van der Waals surface area contributed by atoms with Gasteiger partial charge in [-0.3, -0.25) is 0 Å². The zero-order chi connectivity index (χ0) is 12.2.